The third kappa shape index (κ3) is 6.63. The van der Waals surface area contributed by atoms with Gasteiger partial charge in [-0.25, -0.2) is 0 Å². The van der Waals surface area contributed by atoms with Gasteiger partial charge in [0, 0.05) is 42.3 Å². The topological polar surface area (TPSA) is 88.5 Å². The van der Waals surface area contributed by atoms with E-state index in [0.717, 1.165) is 36.6 Å². The lowest BCUT2D eigenvalue weighted by atomic mass is 10.1. The Labute approximate surface area is 183 Å². The summed E-state index contributed by atoms with van der Waals surface area (Å²) in [4.78, 5) is 26.8. The predicted octanol–water partition coefficient (Wildman–Crippen LogP) is 2.61. The van der Waals surface area contributed by atoms with Gasteiger partial charge in [-0.2, -0.15) is 5.10 Å². The largest absolute Gasteiger partial charge is 0.379 e. The molecule has 8 heteroatoms. The van der Waals surface area contributed by atoms with Crippen molar-refractivity contribution < 1.29 is 14.3 Å². The number of anilines is 2. The molecule has 2 aromatic rings. The summed E-state index contributed by atoms with van der Waals surface area (Å²) < 4.78 is 7.28. The molecule has 3 rings (SSSR count). The number of ether oxygens (including phenoxy) is 1. The number of nitrogens with one attached hydrogen (secondary N) is 2. The smallest absolute Gasteiger partial charge is 0.238 e. The molecule has 0 bridgehead atoms. The zero-order chi connectivity index (χ0) is 22.4. The number of carbonyl (C=O) groups excluding carboxylic acids is 2. The second-order valence-corrected chi connectivity index (χ2v) is 8.46. The van der Waals surface area contributed by atoms with E-state index in [0.29, 0.717) is 37.1 Å². The monoisotopic (exact) mass is 427 g/mol. The number of hydrogen-bond acceptors (Lipinski definition) is 5. The van der Waals surface area contributed by atoms with Crippen LogP contribution in [0.25, 0.3) is 0 Å². The van der Waals surface area contributed by atoms with Gasteiger partial charge in [-0.05, 0) is 44.0 Å². The van der Waals surface area contributed by atoms with Gasteiger partial charge in [-0.1, -0.05) is 13.8 Å². The minimum Gasteiger partial charge on any atom is -0.379 e. The predicted molar refractivity (Wildman–Crippen MR) is 121 cm³/mol. The Balaban J connectivity index is 1.52. The van der Waals surface area contributed by atoms with E-state index in [1.165, 1.54) is 0 Å². The third-order valence-corrected chi connectivity index (χ3v) is 5.33. The summed E-state index contributed by atoms with van der Waals surface area (Å²) in [5.74, 6) is 0.356. The minimum absolute atomic E-state index is 0.0527. The molecular formula is C23H33N5O3. The lowest BCUT2D eigenvalue weighted by Gasteiger charge is -2.25. The molecule has 0 saturated carbocycles. The van der Waals surface area contributed by atoms with Crippen LogP contribution in [-0.4, -0.2) is 59.3 Å². The Kier molecular flexibility index (Phi) is 7.81. The van der Waals surface area contributed by atoms with Gasteiger partial charge in [0.05, 0.1) is 31.9 Å². The highest BCUT2D eigenvalue weighted by molar-refractivity contribution is 5.94. The van der Waals surface area contributed by atoms with E-state index < -0.39 is 0 Å². The van der Waals surface area contributed by atoms with Crippen LogP contribution in [-0.2, 0) is 27.3 Å². The summed E-state index contributed by atoms with van der Waals surface area (Å²) in [5.41, 5.74) is 4.32. The molecule has 1 fully saturated rings. The Morgan fingerprint density at radius 1 is 1.03 bits per heavy atom. The maximum Gasteiger partial charge on any atom is 0.238 e. The van der Waals surface area contributed by atoms with Crippen LogP contribution in [0.3, 0.4) is 0 Å². The van der Waals surface area contributed by atoms with E-state index in [-0.39, 0.29) is 18.2 Å². The molecule has 2 heterocycles. The first-order chi connectivity index (χ1) is 14.8. The van der Waals surface area contributed by atoms with Gasteiger partial charge in [-0.15, -0.1) is 0 Å². The Morgan fingerprint density at radius 2 is 1.61 bits per heavy atom. The van der Waals surface area contributed by atoms with Crippen molar-refractivity contribution in [2.24, 2.45) is 5.92 Å². The van der Waals surface area contributed by atoms with Crippen molar-refractivity contribution in [2.75, 3.05) is 43.5 Å². The number of rotatable bonds is 8. The normalized spacial score (nSPS) is 14.6. The van der Waals surface area contributed by atoms with E-state index in [9.17, 15) is 9.59 Å². The summed E-state index contributed by atoms with van der Waals surface area (Å²) in [6, 6.07) is 7.18. The highest BCUT2D eigenvalue weighted by Crippen LogP contribution is 2.18. The van der Waals surface area contributed by atoms with Crippen LogP contribution in [0.2, 0.25) is 0 Å². The zero-order valence-electron chi connectivity index (χ0n) is 18.9. The number of aryl methyl sites for hydroxylation is 1. The highest BCUT2D eigenvalue weighted by Gasteiger charge is 2.16. The number of morpholine rings is 1. The number of benzene rings is 1. The van der Waals surface area contributed by atoms with Crippen molar-refractivity contribution in [1.82, 2.24) is 14.7 Å². The van der Waals surface area contributed by atoms with Crippen LogP contribution in [0.5, 0.6) is 0 Å². The molecule has 1 aromatic heterocycles. The Bertz CT molecular complexity index is 899. The lowest BCUT2D eigenvalue weighted by Crippen LogP contribution is -2.41. The molecule has 0 spiro atoms. The molecule has 2 N–H and O–H groups in total. The fraction of sp³-hybridized carbons (Fsp3) is 0.522. The van der Waals surface area contributed by atoms with Crippen LogP contribution >= 0.6 is 0 Å². The SMILES string of the molecule is Cc1nn(CC(C)C)c(C)c1CC(=O)Nc1ccc(NC(=O)CN2CCOCC2)cc1. The van der Waals surface area contributed by atoms with Crippen molar-refractivity contribution >= 4 is 23.2 Å². The molecule has 0 radical (unpaired) electrons. The molecule has 0 atom stereocenters. The number of amides is 2. The molecule has 0 unspecified atom stereocenters. The Morgan fingerprint density at radius 3 is 2.19 bits per heavy atom. The molecular weight excluding hydrogens is 394 g/mol. The summed E-state index contributed by atoms with van der Waals surface area (Å²) in [6.45, 7) is 12.3. The van der Waals surface area contributed by atoms with Crippen molar-refractivity contribution in [1.29, 1.82) is 0 Å². The van der Waals surface area contributed by atoms with Gasteiger partial charge in [0.25, 0.3) is 0 Å². The van der Waals surface area contributed by atoms with Crippen molar-refractivity contribution in [3.05, 3.63) is 41.2 Å². The van der Waals surface area contributed by atoms with Crippen LogP contribution in [0, 0.1) is 19.8 Å². The van der Waals surface area contributed by atoms with Crippen LogP contribution in [0.1, 0.15) is 30.8 Å². The summed E-state index contributed by atoms with van der Waals surface area (Å²) in [5, 5.41) is 10.4. The van der Waals surface area contributed by atoms with Crippen LogP contribution < -0.4 is 10.6 Å². The van der Waals surface area contributed by atoms with Gasteiger partial charge >= 0.3 is 0 Å². The van der Waals surface area contributed by atoms with Gasteiger partial charge in [0.15, 0.2) is 0 Å². The molecule has 31 heavy (non-hydrogen) atoms. The number of nitrogens with zero attached hydrogens (tertiary/aromatic N) is 3. The molecule has 1 aliphatic rings. The molecule has 1 saturated heterocycles. The quantitative estimate of drug-likeness (QED) is 0.676. The maximum absolute atomic E-state index is 12.6. The van der Waals surface area contributed by atoms with Crippen LogP contribution in [0.15, 0.2) is 24.3 Å². The Hall–Kier alpha value is -2.71. The van der Waals surface area contributed by atoms with Crippen molar-refractivity contribution in [2.45, 2.75) is 40.7 Å². The van der Waals surface area contributed by atoms with E-state index in [1.807, 2.05) is 18.5 Å². The van der Waals surface area contributed by atoms with Crippen molar-refractivity contribution in [3.8, 4) is 0 Å². The van der Waals surface area contributed by atoms with Gasteiger partial charge in [0.1, 0.15) is 0 Å². The summed E-state index contributed by atoms with van der Waals surface area (Å²) >= 11 is 0. The fourth-order valence-electron chi connectivity index (χ4n) is 3.68. The van der Waals surface area contributed by atoms with E-state index >= 15 is 0 Å². The van der Waals surface area contributed by atoms with Gasteiger partial charge < -0.3 is 15.4 Å². The second-order valence-electron chi connectivity index (χ2n) is 8.46. The van der Waals surface area contributed by atoms with Gasteiger partial charge in [-0.3, -0.25) is 19.2 Å². The molecule has 2 amide bonds. The molecule has 0 aliphatic carbocycles. The molecule has 1 aromatic carbocycles. The minimum atomic E-state index is -0.0839. The van der Waals surface area contributed by atoms with Gasteiger partial charge in [0.2, 0.25) is 11.8 Å². The van der Waals surface area contributed by atoms with Crippen LogP contribution in [0.4, 0.5) is 11.4 Å². The first kappa shape index (κ1) is 23.0. The number of aromatic nitrogens is 2. The number of carbonyl (C=O) groups is 2. The first-order valence-corrected chi connectivity index (χ1v) is 10.8. The average molecular weight is 428 g/mol. The molecule has 8 nitrogen and oxygen atoms in total. The van der Waals surface area contributed by atoms with E-state index in [2.05, 4.69) is 34.5 Å². The maximum atomic E-state index is 12.6. The summed E-state index contributed by atoms with van der Waals surface area (Å²) in [7, 11) is 0. The third-order valence-electron chi connectivity index (χ3n) is 5.33. The molecule has 168 valence electrons. The highest BCUT2D eigenvalue weighted by atomic mass is 16.5. The van der Waals surface area contributed by atoms with E-state index in [4.69, 9.17) is 4.74 Å². The second kappa shape index (κ2) is 10.5. The van der Waals surface area contributed by atoms with Crippen molar-refractivity contribution in [3.63, 3.8) is 0 Å². The molecule has 1 aliphatic heterocycles. The first-order valence-electron chi connectivity index (χ1n) is 10.8. The lowest BCUT2D eigenvalue weighted by molar-refractivity contribution is -0.118. The summed E-state index contributed by atoms with van der Waals surface area (Å²) in [6.07, 6.45) is 0.286. The fourth-order valence-corrected chi connectivity index (χ4v) is 3.68. The standard InChI is InChI=1S/C23H33N5O3/c1-16(2)14-28-18(4)21(17(3)26-28)13-22(29)24-19-5-7-20(8-6-19)25-23(30)15-27-9-11-31-12-10-27/h5-8,16H,9-15H2,1-4H3,(H,24,29)(H,25,30). The van der Waals surface area contributed by atoms with E-state index in [1.54, 1.807) is 24.3 Å². The zero-order valence-corrected chi connectivity index (χ0v) is 18.9. The number of hydrogen-bond donors (Lipinski definition) is 2. The average Bonchev–Trinajstić information content (AvgIpc) is 2.97.